The topological polar surface area (TPSA) is 21.7 Å². The highest BCUT2D eigenvalue weighted by Gasteiger charge is 2.34. The molecular weight excluding hydrogens is 214 g/mol. The molecule has 0 aliphatic carbocycles. The third-order valence-electron chi connectivity index (χ3n) is 3.80. The van der Waals surface area contributed by atoms with Crippen molar-refractivity contribution in [2.24, 2.45) is 0 Å². The van der Waals surface area contributed by atoms with Crippen LogP contribution in [0.15, 0.2) is 24.3 Å². The highest BCUT2D eigenvalue weighted by atomic mass is 16.5. The Morgan fingerprint density at radius 1 is 1.29 bits per heavy atom. The van der Waals surface area contributed by atoms with E-state index in [0.717, 1.165) is 26.2 Å². The van der Waals surface area contributed by atoms with Crippen LogP contribution < -0.4 is 0 Å². The van der Waals surface area contributed by atoms with Gasteiger partial charge in [-0.1, -0.05) is 24.3 Å². The van der Waals surface area contributed by atoms with Crippen LogP contribution in [0.25, 0.3) is 0 Å². The summed E-state index contributed by atoms with van der Waals surface area (Å²) in [4.78, 5) is 2.45. The summed E-state index contributed by atoms with van der Waals surface area (Å²) < 4.78 is 11.0. The molecule has 1 fully saturated rings. The first-order valence-electron chi connectivity index (χ1n) is 6.34. The van der Waals surface area contributed by atoms with E-state index in [1.165, 1.54) is 17.5 Å². The molecule has 2 aliphatic rings. The average Bonchev–Trinajstić information content (AvgIpc) is 2.46. The van der Waals surface area contributed by atoms with Gasteiger partial charge >= 0.3 is 0 Å². The van der Waals surface area contributed by atoms with Crippen LogP contribution in [-0.4, -0.2) is 37.8 Å². The zero-order valence-corrected chi connectivity index (χ0v) is 10.3. The van der Waals surface area contributed by atoms with Gasteiger partial charge in [0.15, 0.2) is 0 Å². The Morgan fingerprint density at radius 2 is 2.12 bits per heavy atom. The zero-order chi connectivity index (χ0) is 11.7. The van der Waals surface area contributed by atoms with Crippen molar-refractivity contribution in [3.63, 3.8) is 0 Å². The molecule has 0 saturated carbocycles. The molecule has 0 bridgehead atoms. The second-order valence-corrected chi connectivity index (χ2v) is 4.82. The van der Waals surface area contributed by atoms with Crippen molar-refractivity contribution in [3.05, 3.63) is 35.4 Å². The summed E-state index contributed by atoms with van der Waals surface area (Å²) in [7, 11) is 1.80. The zero-order valence-electron chi connectivity index (χ0n) is 10.3. The Hall–Kier alpha value is -0.900. The minimum absolute atomic E-state index is 0.0996. The molecule has 1 unspecified atom stereocenters. The summed E-state index contributed by atoms with van der Waals surface area (Å²) in [6, 6.07) is 9.18. The molecule has 3 nitrogen and oxygen atoms in total. The number of methoxy groups -OCH3 is 1. The van der Waals surface area contributed by atoms with Gasteiger partial charge in [0.2, 0.25) is 0 Å². The second-order valence-electron chi connectivity index (χ2n) is 4.82. The average molecular weight is 233 g/mol. The van der Waals surface area contributed by atoms with Gasteiger partial charge in [0.1, 0.15) is 6.23 Å². The smallest absolute Gasteiger partial charge is 0.137 e. The number of hydrogen-bond donors (Lipinski definition) is 0. The number of rotatable bonds is 2. The van der Waals surface area contributed by atoms with E-state index in [-0.39, 0.29) is 6.23 Å². The van der Waals surface area contributed by atoms with Crippen LogP contribution in [0.5, 0.6) is 0 Å². The Labute approximate surface area is 102 Å². The van der Waals surface area contributed by atoms with Crippen molar-refractivity contribution in [1.82, 2.24) is 4.90 Å². The van der Waals surface area contributed by atoms with Crippen molar-refractivity contribution in [3.8, 4) is 0 Å². The molecule has 3 rings (SSSR count). The molecule has 2 heterocycles. The maximum Gasteiger partial charge on any atom is 0.137 e. The molecule has 0 amide bonds. The first-order chi connectivity index (χ1) is 8.40. The molecule has 1 atom stereocenters. The summed E-state index contributed by atoms with van der Waals surface area (Å²) >= 11 is 0. The van der Waals surface area contributed by atoms with Gasteiger partial charge < -0.3 is 9.47 Å². The van der Waals surface area contributed by atoms with Crippen LogP contribution >= 0.6 is 0 Å². The lowest BCUT2D eigenvalue weighted by atomic mass is 10.0. The molecule has 0 radical (unpaired) electrons. The summed E-state index contributed by atoms with van der Waals surface area (Å²) in [5, 5.41) is 0. The van der Waals surface area contributed by atoms with E-state index >= 15 is 0 Å². The molecule has 17 heavy (non-hydrogen) atoms. The largest absolute Gasteiger partial charge is 0.378 e. The van der Waals surface area contributed by atoms with E-state index in [4.69, 9.17) is 9.47 Å². The normalized spacial score (nSPS) is 26.1. The van der Waals surface area contributed by atoms with Gasteiger partial charge in [-0.25, -0.2) is 0 Å². The fourth-order valence-electron chi connectivity index (χ4n) is 2.80. The second kappa shape index (κ2) is 4.77. The molecular formula is C14H19NO2. The van der Waals surface area contributed by atoms with E-state index in [2.05, 4.69) is 29.2 Å². The van der Waals surface area contributed by atoms with Crippen molar-refractivity contribution in [2.45, 2.75) is 25.1 Å². The van der Waals surface area contributed by atoms with E-state index in [1.807, 2.05) is 0 Å². The minimum atomic E-state index is 0.0996. The van der Waals surface area contributed by atoms with Crippen molar-refractivity contribution in [2.75, 3.05) is 26.9 Å². The number of hydrogen-bond acceptors (Lipinski definition) is 3. The van der Waals surface area contributed by atoms with E-state index < -0.39 is 0 Å². The molecule has 0 aromatic heterocycles. The fourth-order valence-corrected chi connectivity index (χ4v) is 2.80. The fraction of sp³-hybridized carbons (Fsp3) is 0.571. The third-order valence-corrected chi connectivity index (χ3v) is 3.80. The van der Waals surface area contributed by atoms with Gasteiger partial charge in [0.25, 0.3) is 0 Å². The Morgan fingerprint density at radius 3 is 2.82 bits per heavy atom. The predicted octanol–water partition coefficient (Wildman–Crippen LogP) is 1.98. The molecule has 92 valence electrons. The molecule has 1 aromatic rings. The maximum absolute atomic E-state index is 5.74. The number of ether oxygens (including phenoxy) is 2. The molecule has 1 saturated heterocycles. The van der Waals surface area contributed by atoms with Gasteiger partial charge in [-0.05, 0) is 24.0 Å². The monoisotopic (exact) mass is 233 g/mol. The van der Waals surface area contributed by atoms with Crippen molar-refractivity contribution < 1.29 is 9.47 Å². The molecule has 1 aromatic carbocycles. The lowest BCUT2D eigenvalue weighted by Crippen LogP contribution is -2.50. The van der Waals surface area contributed by atoms with Crippen molar-refractivity contribution >= 4 is 0 Å². The molecule has 0 N–H and O–H groups in total. The predicted molar refractivity (Wildman–Crippen MR) is 65.8 cm³/mol. The highest BCUT2D eigenvalue weighted by Crippen LogP contribution is 2.32. The van der Waals surface area contributed by atoms with E-state index in [1.54, 1.807) is 7.11 Å². The Kier molecular flexibility index (Phi) is 3.14. The van der Waals surface area contributed by atoms with Gasteiger partial charge in [0.05, 0.1) is 19.3 Å². The third kappa shape index (κ3) is 1.99. The first-order valence-corrected chi connectivity index (χ1v) is 6.34. The lowest BCUT2D eigenvalue weighted by Gasteiger charge is -2.40. The van der Waals surface area contributed by atoms with Crippen LogP contribution in [0, 0.1) is 0 Å². The van der Waals surface area contributed by atoms with Gasteiger partial charge in [-0.3, -0.25) is 4.90 Å². The van der Waals surface area contributed by atoms with Crippen LogP contribution in [0.4, 0.5) is 0 Å². The van der Waals surface area contributed by atoms with Crippen LogP contribution in [0.1, 0.15) is 23.8 Å². The Bertz CT molecular complexity index is 390. The van der Waals surface area contributed by atoms with Gasteiger partial charge in [-0.2, -0.15) is 0 Å². The maximum atomic E-state index is 5.74. The Balaban J connectivity index is 1.93. The van der Waals surface area contributed by atoms with Gasteiger partial charge in [0, 0.05) is 13.7 Å². The van der Waals surface area contributed by atoms with Crippen LogP contribution in [-0.2, 0) is 15.9 Å². The lowest BCUT2D eigenvalue weighted by molar-refractivity contribution is -0.136. The minimum Gasteiger partial charge on any atom is -0.378 e. The summed E-state index contributed by atoms with van der Waals surface area (Å²) in [5.41, 5.74) is 2.77. The quantitative estimate of drug-likeness (QED) is 0.779. The molecule has 2 aliphatic heterocycles. The van der Waals surface area contributed by atoms with E-state index in [0.29, 0.717) is 6.04 Å². The summed E-state index contributed by atoms with van der Waals surface area (Å²) in [5.74, 6) is 0. The molecule has 3 heteroatoms. The summed E-state index contributed by atoms with van der Waals surface area (Å²) in [6.07, 6.45) is 2.45. The number of benzene rings is 1. The van der Waals surface area contributed by atoms with Crippen molar-refractivity contribution in [1.29, 1.82) is 0 Å². The number of aryl methyl sites for hydroxylation is 1. The standard InChI is InChI=1S/C14H19NO2/c1-16-14-13-7-3-2-5-11(13)6-4-8-15(14)12-9-17-10-12/h2-3,5,7,12,14H,4,6,8-10H2,1H3. The summed E-state index contributed by atoms with van der Waals surface area (Å²) in [6.45, 7) is 2.80. The molecule has 0 spiro atoms. The van der Waals surface area contributed by atoms with Crippen LogP contribution in [0.3, 0.4) is 0 Å². The first kappa shape index (κ1) is 11.2. The number of fused-ring (bicyclic) bond motifs is 1. The highest BCUT2D eigenvalue weighted by molar-refractivity contribution is 5.30. The van der Waals surface area contributed by atoms with Gasteiger partial charge in [-0.15, -0.1) is 0 Å². The SMILES string of the molecule is COC1c2ccccc2CCCN1C1COC1. The van der Waals surface area contributed by atoms with E-state index in [9.17, 15) is 0 Å². The number of nitrogens with zero attached hydrogens (tertiary/aromatic N) is 1. The van der Waals surface area contributed by atoms with Crippen LogP contribution in [0.2, 0.25) is 0 Å².